The Kier molecular flexibility index (Phi) is 9.54. The van der Waals surface area contributed by atoms with Crippen LogP contribution < -0.4 is 5.32 Å². The van der Waals surface area contributed by atoms with Crippen molar-refractivity contribution in [2.24, 2.45) is 0 Å². The minimum absolute atomic E-state index is 0.869. The quantitative estimate of drug-likeness (QED) is 0.384. The molecule has 1 aliphatic rings. The van der Waals surface area contributed by atoms with Crippen molar-refractivity contribution in [3.63, 3.8) is 0 Å². The van der Waals surface area contributed by atoms with E-state index in [1.807, 2.05) is 24.5 Å². The van der Waals surface area contributed by atoms with Gasteiger partial charge in [-0.3, -0.25) is 0 Å². The highest BCUT2D eigenvalue weighted by Crippen LogP contribution is 2.27. The van der Waals surface area contributed by atoms with Crippen LogP contribution >= 0.6 is 0 Å². The molecule has 1 aromatic heterocycles. The Bertz CT molecular complexity index is 1150. The summed E-state index contributed by atoms with van der Waals surface area (Å²) in [4.78, 5) is 7.07. The van der Waals surface area contributed by atoms with Gasteiger partial charge >= 0.3 is 0 Å². The van der Waals surface area contributed by atoms with Gasteiger partial charge in [-0.2, -0.15) is 0 Å². The maximum atomic E-state index is 5.43. The summed E-state index contributed by atoms with van der Waals surface area (Å²) in [5, 5.41) is 3.41. The summed E-state index contributed by atoms with van der Waals surface area (Å²) in [7, 11) is 1.73. The third-order valence-electron chi connectivity index (χ3n) is 6.39. The van der Waals surface area contributed by atoms with E-state index in [4.69, 9.17) is 9.72 Å². The first kappa shape index (κ1) is 26.1. The summed E-state index contributed by atoms with van der Waals surface area (Å²) in [6.07, 6.45) is 15.2. The van der Waals surface area contributed by atoms with Crippen molar-refractivity contribution < 1.29 is 4.74 Å². The Balaban J connectivity index is 1.74. The van der Waals surface area contributed by atoms with E-state index in [-0.39, 0.29) is 0 Å². The summed E-state index contributed by atoms with van der Waals surface area (Å²) in [5.41, 5.74) is 8.07. The Hall–Kier alpha value is -3.53. The highest BCUT2D eigenvalue weighted by molar-refractivity contribution is 5.72. The fourth-order valence-electron chi connectivity index (χ4n) is 4.23. The maximum Gasteiger partial charge on any atom is 0.132 e. The number of allylic oxidation sites excluding steroid dienone is 7. The van der Waals surface area contributed by atoms with Crippen molar-refractivity contribution in [1.82, 2.24) is 9.88 Å². The molecular formula is C31H39N3O. The Morgan fingerprint density at radius 2 is 1.94 bits per heavy atom. The van der Waals surface area contributed by atoms with Crippen LogP contribution in [0.15, 0.2) is 90.5 Å². The van der Waals surface area contributed by atoms with Crippen molar-refractivity contribution in [3.05, 3.63) is 102 Å². The fourth-order valence-corrected chi connectivity index (χ4v) is 4.23. The number of methoxy groups -OCH3 is 1. The SMILES string of the molecule is C=C(c1cccc(-c2cnc(N/C=C(C)/C3=C/C=C\C=C(\OC)CC3)c(C)c2)c1)N(CC)CCC. The molecule has 0 atom stereocenters. The van der Waals surface area contributed by atoms with Crippen LogP contribution in [0, 0.1) is 6.92 Å². The number of nitrogens with zero attached hydrogens (tertiary/aromatic N) is 2. The van der Waals surface area contributed by atoms with Gasteiger partial charge in [-0.15, -0.1) is 0 Å². The van der Waals surface area contributed by atoms with Crippen LogP contribution in [0.25, 0.3) is 16.8 Å². The number of ether oxygens (including phenoxy) is 1. The van der Waals surface area contributed by atoms with Crippen molar-refractivity contribution in [2.45, 2.75) is 47.0 Å². The van der Waals surface area contributed by atoms with Crippen LogP contribution in [0.5, 0.6) is 0 Å². The van der Waals surface area contributed by atoms with Crippen molar-refractivity contribution in [3.8, 4) is 11.1 Å². The molecule has 1 heterocycles. The van der Waals surface area contributed by atoms with Crippen LogP contribution in [0.1, 0.15) is 51.2 Å². The molecule has 0 aliphatic heterocycles. The monoisotopic (exact) mass is 469 g/mol. The number of aryl methyl sites for hydroxylation is 1. The van der Waals surface area contributed by atoms with E-state index in [0.29, 0.717) is 0 Å². The van der Waals surface area contributed by atoms with Gasteiger partial charge in [0.25, 0.3) is 0 Å². The minimum Gasteiger partial charge on any atom is -0.501 e. The van der Waals surface area contributed by atoms with E-state index in [0.717, 1.165) is 71.9 Å². The van der Waals surface area contributed by atoms with Gasteiger partial charge in [0.15, 0.2) is 0 Å². The van der Waals surface area contributed by atoms with Crippen LogP contribution in [-0.2, 0) is 4.74 Å². The van der Waals surface area contributed by atoms with E-state index in [1.165, 1.54) is 11.1 Å². The highest BCUT2D eigenvalue weighted by atomic mass is 16.5. The zero-order valence-electron chi connectivity index (χ0n) is 21.9. The van der Waals surface area contributed by atoms with Gasteiger partial charge in [0.1, 0.15) is 5.82 Å². The van der Waals surface area contributed by atoms with Gasteiger partial charge in [-0.25, -0.2) is 4.98 Å². The lowest BCUT2D eigenvalue weighted by atomic mass is 10.0. The van der Waals surface area contributed by atoms with Crippen LogP contribution in [0.2, 0.25) is 0 Å². The molecule has 0 amide bonds. The van der Waals surface area contributed by atoms with Gasteiger partial charge in [0.2, 0.25) is 0 Å². The second kappa shape index (κ2) is 12.8. The van der Waals surface area contributed by atoms with Gasteiger partial charge in [0.05, 0.1) is 12.9 Å². The molecule has 0 saturated carbocycles. The second-order valence-corrected chi connectivity index (χ2v) is 8.88. The molecule has 4 nitrogen and oxygen atoms in total. The lowest BCUT2D eigenvalue weighted by molar-refractivity contribution is 0.277. The number of rotatable bonds is 10. The summed E-state index contributed by atoms with van der Waals surface area (Å²) in [6, 6.07) is 10.8. The Morgan fingerprint density at radius 3 is 2.66 bits per heavy atom. The van der Waals surface area contributed by atoms with E-state index in [9.17, 15) is 0 Å². The van der Waals surface area contributed by atoms with Crippen molar-refractivity contribution >= 4 is 11.5 Å². The maximum absolute atomic E-state index is 5.43. The lowest BCUT2D eigenvalue weighted by Crippen LogP contribution is -2.21. The molecule has 0 saturated heterocycles. The molecular weight excluding hydrogens is 430 g/mol. The topological polar surface area (TPSA) is 37.4 Å². The summed E-state index contributed by atoms with van der Waals surface area (Å²) in [5.74, 6) is 1.87. The predicted molar refractivity (Wildman–Crippen MR) is 150 cm³/mol. The normalized spacial score (nSPS) is 17.8. The van der Waals surface area contributed by atoms with E-state index in [2.05, 4.69) is 87.0 Å². The number of nitrogens with one attached hydrogen (secondary N) is 1. The zero-order chi connectivity index (χ0) is 25.2. The molecule has 1 N–H and O–H groups in total. The number of aromatic nitrogens is 1. The largest absolute Gasteiger partial charge is 0.501 e. The average Bonchev–Trinajstić information content (AvgIpc) is 2.86. The lowest BCUT2D eigenvalue weighted by Gasteiger charge is -2.25. The standard InChI is InChI=1S/C31H39N3O/c1-7-18-34(8-2)25(5)27-13-11-14-28(20-27)29-19-23(3)31(33-22-29)32-21-24(4)26-12-9-10-15-30(35-6)17-16-26/h9-15,19-22H,5,7-8,16-18H2,1-4,6H3,(H,32,33)/b10-9-,24-21+,26-12+,30-15+. The second-order valence-electron chi connectivity index (χ2n) is 8.88. The van der Waals surface area contributed by atoms with Gasteiger partial charge < -0.3 is 15.0 Å². The van der Waals surface area contributed by atoms with Gasteiger partial charge in [0, 0.05) is 43.2 Å². The first-order chi connectivity index (χ1) is 17.0. The molecule has 184 valence electrons. The average molecular weight is 470 g/mol. The Morgan fingerprint density at radius 1 is 1.14 bits per heavy atom. The van der Waals surface area contributed by atoms with Crippen molar-refractivity contribution in [1.29, 1.82) is 0 Å². The Labute approximate surface area is 211 Å². The molecule has 1 aliphatic carbocycles. The number of hydrogen-bond donors (Lipinski definition) is 1. The molecule has 0 fully saturated rings. The van der Waals surface area contributed by atoms with Crippen LogP contribution in [0.3, 0.4) is 0 Å². The summed E-state index contributed by atoms with van der Waals surface area (Å²) < 4.78 is 5.43. The molecule has 3 rings (SSSR count). The van der Waals surface area contributed by atoms with Gasteiger partial charge in [-0.05, 0) is 79.7 Å². The van der Waals surface area contributed by atoms with Gasteiger partial charge in [-0.1, -0.05) is 49.9 Å². The molecule has 0 bridgehead atoms. The molecule has 35 heavy (non-hydrogen) atoms. The predicted octanol–water partition coefficient (Wildman–Crippen LogP) is 7.88. The fraction of sp³-hybridized carbons (Fsp3) is 0.323. The minimum atomic E-state index is 0.869. The summed E-state index contributed by atoms with van der Waals surface area (Å²) in [6.45, 7) is 14.9. The summed E-state index contributed by atoms with van der Waals surface area (Å²) >= 11 is 0. The molecule has 0 unspecified atom stereocenters. The smallest absolute Gasteiger partial charge is 0.132 e. The third kappa shape index (κ3) is 6.98. The molecule has 4 heteroatoms. The first-order valence-electron chi connectivity index (χ1n) is 12.5. The zero-order valence-corrected chi connectivity index (χ0v) is 21.9. The number of benzene rings is 1. The molecule has 0 radical (unpaired) electrons. The number of hydrogen-bond acceptors (Lipinski definition) is 4. The number of anilines is 1. The highest BCUT2D eigenvalue weighted by Gasteiger charge is 2.10. The molecule has 2 aromatic rings. The third-order valence-corrected chi connectivity index (χ3v) is 6.39. The van der Waals surface area contributed by atoms with Crippen LogP contribution in [0.4, 0.5) is 5.82 Å². The van der Waals surface area contributed by atoms with E-state index in [1.54, 1.807) is 7.11 Å². The van der Waals surface area contributed by atoms with Crippen LogP contribution in [-0.4, -0.2) is 30.1 Å². The molecule has 1 aromatic carbocycles. The van der Waals surface area contributed by atoms with Crippen molar-refractivity contribution in [2.75, 3.05) is 25.5 Å². The first-order valence-corrected chi connectivity index (χ1v) is 12.5. The van der Waals surface area contributed by atoms with E-state index >= 15 is 0 Å². The van der Waals surface area contributed by atoms with E-state index < -0.39 is 0 Å². The number of pyridine rings is 1. The molecule has 0 spiro atoms.